The third-order valence-electron chi connectivity index (χ3n) is 10.1. The van der Waals surface area contributed by atoms with Crippen LogP contribution in [0.3, 0.4) is 0 Å². The van der Waals surface area contributed by atoms with Crippen molar-refractivity contribution in [3.8, 4) is 50.7 Å². The second-order valence-electron chi connectivity index (χ2n) is 12.0. The van der Waals surface area contributed by atoms with Crippen LogP contribution < -0.4 is 4.57 Å². The lowest BCUT2D eigenvalue weighted by Gasteiger charge is -2.46. The third kappa shape index (κ3) is 4.02. The minimum Gasteiger partial charge on any atom is -0.189 e. The van der Waals surface area contributed by atoms with Crippen LogP contribution in [0.5, 0.6) is 0 Å². The first-order valence-electron chi connectivity index (χ1n) is 15.5. The Kier molecular flexibility index (Phi) is 6.62. The molecule has 0 saturated heterocycles. The van der Waals surface area contributed by atoms with E-state index < -0.39 is 0 Å². The molecular weight excluding hydrogens is 522 g/mol. The van der Waals surface area contributed by atoms with Crippen molar-refractivity contribution in [2.75, 3.05) is 0 Å². The van der Waals surface area contributed by atoms with E-state index in [0.29, 0.717) is 0 Å². The first kappa shape index (κ1) is 27.1. The van der Waals surface area contributed by atoms with E-state index in [2.05, 4.69) is 170 Å². The predicted octanol–water partition coefficient (Wildman–Crippen LogP) is 9.63. The molecular formula is C40H38N3+. The molecule has 2 atom stereocenters. The van der Waals surface area contributed by atoms with Crippen LogP contribution in [0.1, 0.15) is 46.1 Å². The van der Waals surface area contributed by atoms with Crippen molar-refractivity contribution in [3.05, 3.63) is 139 Å². The number of hydrogen-bond donors (Lipinski definition) is 0. The van der Waals surface area contributed by atoms with Crippen molar-refractivity contribution in [2.24, 2.45) is 0 Å². The molecule has 0 saturated carbocycles. The highest BCUT2D eigenvalue weighted by atomic mass is 15.4. The van der Waals surface area contributed by atoms with Crippen LogP contribution in [0.4, 0.5) is 0 Å². The Morgan fingerprint density at radius 2 is 1.07 bits per heavy atom. The largest absolute Gasteiger partial charge is 0.314 e. The maximum atomic E-state index is 5.66. The van der Waals surface area contributed by atoms with Crippen molar-refractivity contribution in [1.29, 1.82) is 0 Å². The number of hydrogen-bond acceptors (Lipinski definition) is 1. The normalized spacial score (nSPS) is 19.1. The highest BCUT2D eigenvalue weighted by Gasteiger charge is 2.57. The molecule has 0 amide bonds. The fraction of sp³-hybridized carbons (Fsp3) is 0.200. The standard InChI is InChI=1S/C40H38N3/c1-5-39(3)35-27-17-15-26-34(35)38-42(36-28-18-16-24-32(36)30-21-11-8-12-22-30)37(41-43(38)40(39,4)6-2)33-25-14-13-23-31(33)29-19-9-7-10-20-29/h7-28H,5-6H2,1-4H3/q+1. The van der Waals surface area contributed by atoms with Gasteiger partial charge in [-0.05, 0) is 60.2 Å². The van der Waals surface area contributed by atoms with E-state index in [0.717, 1.165) is 35.7 Å². The van der Waals surface area contributed by atoms with Crippen LogP contribution in [0.25, 0.3) is 50.7 Å². The smallest absolute Gasteiger partial charge is 0.189 e. The molecule has 5 aromatic carbocycles. The van der Waals surface area contributed by atoms with Crippen LogP contribution in [0.2, 0.25) is 0 Å². The Bertz CT molecular complexity index is 1920. The van der Waals surface area contributed by atoms with Gasteiger partial charge in [0.25, 0.3) is 5.82 Å². The van der Waals surface area contributed by atoms with Crippen LogP contribution in [-0.2, 0) is 11.0 Å². The highest BCUT2D eigenvalue weighted by molar-refractivity contribution is 5.81. The van der Waals surface area contributed by atoms with E-state index in [4.69, 9.17) is 5.10 Å². The Labute approximate surface area is 255 Å². The van der Waals surface area contributed by atoms with Gasteiger partial charge in [-0.25, -0.2) is 0 Å². The van der Waals surface area contributed by atoms with Crippen LogP contribution in [0.15, 0.2) is 133 Å². The lowest BCUT2D eigenvalue weighted by molar-refractivity contribution is -0.572. The van der Waals surface area contributed by atoms with Gasteiger partial charge in [0.05, 0.1) is 11.1 Å². The first-order chi connectivity index (χ1) is 21.0. The van der Waals surface area contributed by atoms with Gasteiger partial charge < -0.3 is 0 Å². The van der Waals surface area contributed by atoms with Crippen molar-refractivity contribution in [2.45, 2.75) is 51.5 Å². The minimum atomic E-state index is -0.241. The van der Waals surface area contributed by atoms with Crippen molar-refractivity contribution in [3.63, 3.8) is 0 Å². The quantitative estimate of drug-likeness (QED) is 0.186. The van der Waals surface area contributed by atoms with Gasteiger partial charge in [0.2, 0.25) is 0 Å². The van der Waals surface area contributed by atoms with Gasteiger partial charge in [0.15, 0.2) is 0 Å². The fourth-order valence-electron chi connectivity index (χ4n) is 7.24. The molecule has 212 valence electrons. The second-order valence-corrected chi connectivity index (χ2v) is 12.0. The van der Waals surface area contributed by atoms with Gasteiger partial charge in [0.1, 0.15) is 11.2 Å². The summed E-state index contributed by atoms with van der Waals surface area (Å²) in [7, 11) is 0. The monoisotopic (exact) mass is 560 g/mol. The van der Waals surface area contributed by atoms with E-state index in [9.17, 15) is 0 Å². The molecule has 6 aromatic rings. The molecule has 0 N–H and O–H groups in total. The Morgan fingerprint density at radius 3 is 1.70 bits per heavy atom. The number of aromatic nitrogens is 3. The molecule has 7 rings (SSSR count). The summed E-state index contributed by atoms with van der Waals surface area (Å²) >= 11 is 0. The van der Waals surface area contributed by atoms with E-state index >= 15 is 0 Å². The van der Waals surface area contributed by atoms with E-state index in [-0.39, 0.29) is 11.0 Å². The average Bonchev–Trinajstić information content (AvgIpc) is 3.49. The van der Waals surface area contributed by atoms with Crippen molar-refractivity contribution >= 4 is 0 Å². The van der Waals surface area contributed by atoms with E-state index in [1.165, 1.54) is 33.4 Å². The molecule has 0 fully saturated rings. The number of fused-ring (bicyclic) bond motifs is 3. The lowest BCUT2D eigenvalue weighted by atomic mass is 9.61. The molecule has 43 heavy (non-hydrogen) atoms. The van der Waals surface area contributed by atoms with Crippen molar-refractivity contribution in [1.82, 2.24) is 9.78 Å². The topological polar surface area (TPSA) is 21.7 Å². The summed E-state index contributed by atoms with van der Waals surface area (Å²) in [4.78, 5) is 0. The lowest BCUT2D eigenvalue weighted by Crippen LogP contribution is -2.53. The van der Waals surface area contributed by atoms with Crippen LogP contribution in [-0.4, -0.2) is 9.78 Å². The zero-order valence-electron chi connectivity index (χ0n) is 25.5. The molecule has 2 heterocycles. The van der Waals surface area contributed by atoms with Gasteiger partial charge >= 0.3 is 5.82 Å². The Balaban J connectivity index is 1.65. The molecule has 1 aromatic heterocycles. The number of nitrogens with zero attached hydrogens (tertiary/aromatic N) is 3. The fourth-order valence-corrected chi connectivity index (χ4v) is 7.24. The molecule has 0 radical (unpaired) electrons. The zero-order valence-corrected chi connectivity index (χ0v) is 25.5. The molecule has 2 unspecified atom stereocenters. The second kappa shape index (κ2) is 10.5. The summed E-state index contributed by atoms with van der Waals surface area (Å²) in [6.45, 7) is 9.47. The average molecular weight is 561 g/mol. The summed E-state index contributed by atoms with van der Waals surface area (Å²) < 4.78 is 4.81. The van der Waals surface area contributed by atoms with Gasteiger partial charge in [-0.2, -0.15) is 4.57 Å². The minimum absolute atomic E-state index is 0.0929. The number of para-hydroxylation sites is 1. The SMILES string of the molecule is CCC1(C)c2ccccc2-c2n(nc(-c3ccccc3-c3ccccc3)[n+]2-c2ccccc2-c2ccccc2)C1(C)CC. The summed E-state index contributed by atoms with van der Waals surface area (Å²) in [5, 5.41) is 5.66. The highest BCUT2D eigenvalue weighted by Crippen LogP contribution is 2.53. The van der Waals surface area contributed by atoms with Crippen LogP contribution in [0, 0.1) is 0 Å². The third-order valence-corrected chi connectivity index (χ3v) is 10.1. The maximum Gasteiger partial charge on any atom is 0.314 e. The summed E-state index contributed by atoms with van der Waals surface area (Å²) in [5.74, 6) is 2.08. The number of rotatable bonds is 6. The van der Waals surface area contributed by atoms with E-state index in [1.807, 2.05) is 0 Å². The van der Waals surface area contributed by atoms with Crippen LogP contribution >= 0.6 is 0 Å². The van der Waals surface area contributed by atoms with Gasteiger partial charge in [-0.3, -0.25) is 0 Å². The number of benzene rings is 5. The molecule has 0 spiro atoms. The molecule has 0 bridgehead atoms. The molecule has 1 aliphatic heterocycles. The predicted molar refractivity (Wildman–Crippen MR) is 177 cm³/mol. The first-order valence-corrected chi connectivity index (χ1v) is 15.5. The summed E-state index contributed by atoms with van der Waals surface area (Å²) in [6.07, 6.45) is 1.98. The molecule has 3 heteroatoms. The van der Waals surface area contributed by atoms with E-state index in [1.54, 1.807) is 0 Å². The van der Waals surface area contributed by atoms with Gasteiger partial charge in [0, 0.05) is 16.1 Å². The maximum absolute atomic E-state index is 5.66. The molecule has 1 aliphatic rings. The zero-order chi connectivity index (χ0) is 29.6. The van der Waals surface area contributed by atoms with Crippen molar-refractivity contribution < 1.29 is 4.57 Å². The molecule has 3 nitrogen and oxygen atoms in total. The Hall–Kier alpha value is -4.76. The molecule has 0 aliphatic carbocycles. The Morgan fingerprint density at radius 1 is 0.558 bits per heavy atom. The van der Waals surface area contributed by atoms with Gasteiger partial charge in [-0.1, -0.05) is 141 Å². The summed E-state index contributed by atoms with van der Waals surface area (Å²) in [5.41, 5.74) is 9.28. The van der Waals surface area contributed by atoms with Gasteiger partial charge in [-0.15, -0.1) is 0 Å². The summed E-state index contributed by atoms with van der Waals surface area (Å²) in [6, 6.07) is 47.9.